The van der Waals surface area contributed by atoms with Crippen LogP contribution in [0, 0.1) is 5.82 Å². The Kier molecular flexibility index (Phi) is 3.69. The number of aliphatic hydroxyl groups excluding tert-OH is 1. The highest BCUT2D eigenvalue weighted by molar-refractivity contribution is 9.10. The molecule has 1 aromatic carbocycles. The van der Waals surface area contributed by atoms with Gasteiger partial charge in [0.2, 0.25) is 0 Å². The van der Waals surface area contributed by atoms with E-state index in [2.05, 4.69) is 15.9 Å². The molecule has 1 atom stereocenters. The summed E-state index contributed by atoms with van der Waals surface area (Å²) in [6, 6.07) is 5.19. The van der Waals surface area contributed by atoms with Crippen molar-refractivity contribution < 1.29 is 27.1 Å². The predicted octanol–water partition coefficient (Wildman–Crippen LogP) is 4.28. The van der Waals surface area contributed by atoms with Crippen LogP contribution in [-0.2, 0) is 6.18 Å². The van der Waals surface area contributed by atoms with Crippen LogP contribution in [0.4, 0.5) is 17.6 Å². The first-order chi connectivity index (χ1) is 8.79. The molecule has 0 aliphatic carbocycles. The highest BCUT2D eigenvalue weighted by Gasteiger charge is 2.34. The molecular weight excluding hydrogens is 332 g/mol. The van der Waals surface area contributed by atoms with Gasteiger partial charge in [0.05, 0.1) is 5.56 Å². The second kappa shape index (κ2) is 4.97. The summed E-state index contributed by atoms with van der Waals surface area (Å²) in [6.45, 7) is 0. The Balaban J connectivity index is 2.35. The van der Waals surface area contributed by atoms with Crippen molar-refractivity contribution in [1.29, 1.82) is 0 Å². The summed E-state index contributed by atoms with van der Waals surface area (Å²) in [6.07, 6.45) is -6.09. The van der Waals surface area contributed by atoms with Crippen molar-refractivity contribution in [3.05, 3.63) is 57.7 Å². The van der Waals surface area contributed by atoms with Gasteiger partial charge in [-0.05, 0) is 45.8 Å². The van der Waals surface area contributed by atoms with Crippen LogP contribution in [0.5, 0.6) is 0 Å². The minimum atomic E-state index is -4.76. The van der Waals surface area contributed by atoms with Gasteiger partial charge in [0, 0.05) is 0 Å². The molecule has 1 aromatic heterocycles. The smallest absolute Gasteiger partial charge is 0.419 e. The first-order valence-electron chi connectivity index (χ1n) is 5.09. The Labute approximate surface area is 113 Å². The molecule has 0 spiro atoms. The highest BCUT2D eigenvalue weighted by atomic mass is 79.9. The van der Waals surface area contributed by atoms with Crippen molar-refractivity contribution in [2.45, 2.75) is 12.3 Å². The first-order valence-corrected chi connectivity index (χ1v) is 5.88. The van der Waals surface area contributed by atoms with Crippen LogP contribution in [0.25, 0.3) is 0 Å². The summed E-state index contributed by atoms with van der Waals surface area (Å²) in [4.78, 5) is 0. The molecule has 0 aliphatic heterocycles. The lowest BCUT2D eigenvalue weighted by Gasteiger charge is -2.12. The predicted molar refractivity (Wildman–Crippen MR) is 61.9 cm³/mol. The number of alkyl halides is 3. The molecule has 0 bridgehead atoms. The number of hydrogen-bond acceptors (Lipinski definition) is 2. The monoisotopic (exact) mass is 338 g/mol. The van der Waals surface area contributed by atoms with Crippen LogP contribution >= 0.6 is 15.9 Å². The van der Waals surface area contributed by atoms with Crippen LogP contribution in [0.3, 0.4) is 0 Å². The van der Waals surface area contributed by atoms with Gasteiger partial charge in [-0.15, -0.1) is 0 Å². The maximum absolute atomic E-state index is 13.4. The van der Waals surface area contributed by atoms with Gasteiger partial charge < -0.3 is 9.52 Å². The molecule has 1 N–H and O–H groups in total. The van der Waals surface area contributed by atoms with Crippen LogP contribution in [-0.4, -0.2) is 5.11 Å². The van der Waals surface area contributed by atoms with Crippen molar-refractivity contribution in [2.24, 2.45) is 0 Å². The maximum atomic E-state index is 13.4. The minimum absolute atomic E-state index is 0.0210. The van der Waals surface area contributed by atoms with Gasteiger partial charge in [-0.1, -0.05) is 6.07 Å². The number of benzene rings is 1. The molecule has 0 saturated carbocycles. The fourth-order valence-electron chi connectivity index (χ4n) is 1.57. The van der Waals surface area contributed by atoms with E-state index in [9.17, 15) is 22.7 Å². The van der Waals surface area contributed by atoms with E-state index in [0.29, 0.717) is 16.8 Å². The summed E-state index contributed by atoms with van der Waals surface area (Å²) in [5.41, 5.74) is -1.39. The fourth-order valence-corrected chi connectivity index (χ4v) is 1.89. The van der Waals surface area contributed by atoms with E-state index < -0.39 is 23.7 Å². The second-order valence-corrected chi connectivity index (χ2v) is 4.56. The topological polar surface area (TPSA) is 33.4 Å². The van der Waals surface area contributed by atoms with Crippen LogP contribution < -0.4 is 0 Å². The van der Waals surface area contributed by atoms with E-state index in [-0.39, 0.29) is 11.3 Å². The largest absolute Gasteiger partial charge is 0.451 e. The van der Waals surface area contributed by atoms with E-state index in [0.717, 1.165) is 6.07 Å². The number of furan rings is 1. The third-order valence-corrected chi connectivity index (χ3v) is 2.90. The Morgan fingerprint density at radius 3 is 2.32 bits per heavy atom. The molecule has 102 valence electrons. The van der Waals surface area contributed by atoms with Crippen molar-refractivity contribution in [2.75, 3.05) is 0 Å². The Bertz CT molecular complexity index is 592. The molecule has 19 heavy (non-hydrogen) atoms. The van der Waals surface area contributed by atoms with Crippen LogP contribution in [0.1, 0.15) is 23.0 Å². The lowest BCUT2D eigenvalue weighted by atomic mass is 10.0. The molecule has 0 aliphatic rings. The number of hydrogen-bond donors (Lipinski definition) is 1. The van der Waals surface area contributed by atoms with Gasteiger partial charge in [0.1, 0.15) is 17.7 Å². The molecule has 7 heteroatoms. The van der Waals surface area contributed by atoms with E-state index in [1.165, 1.54) is 12.1 Å². The molecule has 0 saturated heterocycles. The average Bonchev–Trinajstić information content (AvgIpc) is 2.73. The third kappa shape index (κ3) is 2.98. The fraction of sp³-hybridized carbons (Fsp3) is 0.167. The SMILES string of the molecule is OC(c1ccc(C(F)(F)F)c(F)c1)c1ccc(Br)o1. The van der Waals surface area contributed by atoms with Crippen molar-refractivity contribution in [3.63, 3.8) is 0 Å². The van der Waals surface area contributed by atoms with Gasteiger partial charge in [-0.25, -0.2) is 4.39 Å². The van der Waals surface area contributed by atoms with Crippen LogP contribution in [0.15, 0.2) is 39.4 Å². The van der Waals surface area contributed by atoms with Crippen molar-refractivity contribution in [3.8, 4) is 0 Å². The molecule has 2 nitrogen and oxygen atoms in total. The average molecular weight is 339 g/mol. The summed E-state index contributed by atoms with van der Waals surface area (Å²) < 4.78 is 55.9. The standard InChI is InChI=1S/C12H7BrF4O2/c13-10-4-3-9(19-10)11(18)6-1-2-7(8(14)5-6)12(15,16)17/h1-5,11,18H. The van der Waals surface area contributed by atoms with E-state index in [4.69, 9.17) is 4.42 Å². The van der Waals surface area contributed by atoms with Gasteiger partial charge in [0.15, 0.2) is 4.67 Å². The molecule has 0 radical (unpaired) electrons. The highest BCUT2D eigenvalue weighted by Crippen LogP contribution is 2.33. The van der Waals surface area contributed by atoms with Gasteiger partial charge in [-0.2, -0.15) is 13.2 Å². The quantitative estimate of drug-likeness (QED) is 0.829. The normalized spacial score (nSPS) is 13.6. The third-order valence-electron chi connectivity index (χ3n) is 2.48. The minimum Gasteiger partial charge on any atom is -0.451 e. The molecule has 1 unspecified atom stereocenters. The molecular formula is C12H7BrF4O2. The Morgan fingerprint density at radius 1 is 1.16 bits per heavy atom. The molecule has 1 heterocycles. The molecule has 2 rings (SSSR count). The summed E-state index contributed by atoms with van der Waals surface area (Å²) >= 11 is 3.02. The van der Waals surface area contributed by atoms with Gasteiger partial charge in [-0.3, -0.25) is 0 Å². The van der Waals surface area contributed by atoms with Gasteiger partial charge >= 0.3 is 6.18 Å². The number of halogens is 5. The summed E-state index contributed by atoms with van der Waals surface area (Å²) in [5.74, 6) is -1.33. The maximum Gasteiger partial charge on any atom is 0.419 e. The van der Waals surface area contributed by atoms with Crippen molar-refractivity contribution in [1.82, 2.24) is 0 Å². The molecule has 0 fully saturated rings. The summed E-state index contributed by atoms with van der Waals surface area (Å²) in [5, 5.41) is 9.86. The van der Waals surface area contributed by atoms with Crippen LogP contribution in [0.2, 0.25) is 0 Å². The zero-order valence-electron chi connectivity index (χ0n) is 9.21. The number of aliphatic hydroxyl groups is 1. The van der Waals surface area contributed by atoms with E-state index >= 15 is 0 Å². The van der Waals surface area contributed by atoms with Gasteiger partial charge in [0.25, 0.3) is 0 Å². The first kappa shape index (κ1) is 14.1. The summed E-state index contributed by atoms with van der Waals surface area (Å²) in [7, 11) is 0. The van der Waals surface area contributed by atoms with E-state index in [1.807, 2.05) is 0 Å². The Hall–Kier alpha value is -1.34. The number of rotatable bonds is 2. The Morgan fingerprint density at radius 2 is 1.84 bits per heavy atom. The molecule has 2 aromatic rings. The zero-order chi connectivity index (χ0) is 14.2. The van der Waals surface area contributed by atoms with E-state index in [1.54, 1.807) is 0 Å². The van der Waals surface area contributed by atoms with Crippen molar-refractivity contribution >= 4 is 15.9 Å². The molecule has 0 amide bonds. The second-order valence-electron chi connectivity index (χ2n) is 3.78. The zero-order valence-corrected chi connectivity index (χ0v) is 10.8. The lowest BCUT2D eigenvalue weighted by Crippen LogP contribution is -2.09. The lowest BCUT2D eigenvalue weighted by molar-refractivity contribution is -0.140.